The number of fused-ring (bicyclic) bond motifs is 1. The van der Waals surface area contributed by atoms with Crippen LogP contribution in [0.3, 0.4) is 0 Å². The van der Waals surface area contributed by atoms with Crippen LogP contribution in [0.5, 0.6) is 0 Å². The van der Waals surface area contributed by atoms with E-state index in [9.17, 15) is 0 Å². The Balaban J connectivity index is 2.29. The Bertz CT molecular complexity index is 248. The van der Waals surface area contributed by atoms with Crippen molar-refractivity contribution in [2.45, 2.75) is 39.2 Å². The summed E-state index contributed by atoms with van der Waals surface area (Å²) in [5.74, 6) is 1.66. The first kappa shape index (κ1) is 8.09. The topological polar surface area (TPSA) is 21.6 Å². The summed E-state index contributed by atoms with van der Waals surface area (Å²) < 4.78 is 5.22. The molecule has 2 aliphatic rings. The number of ether oxygens (including phenoxy) is 1. The van der Waals surface area contributed by atoms with E-state index in [1.807, 2.05) is 0 Å². The smallest absolute Gasteiger partial charge is 0.183 e. The van der Waals surface area contributed by atoms with E-state index in [0.717, 1.165) is 18.2 Å². The van der Waals surface area contributed by atoms with Gasteiger partial charge in [0.1, 0.15) is 0 Å². The van der Waals surface area contributed by atoms with Gasteiger partial charge in [0.2, 0.25) is 0 Å². The quantitative estimate of drug-likeness (QED) is 0.542. The summed E-state index contributed by atoms with van der Waals surface area (Å²) in [5.41, 5.74) is 0.644. The number of rotatable bonds is 0. The molecule has 0 saturated heterocycles. The zero-order valence-electron chi connectivity index (χ0n) is 8.35. The van der Waals surface area contributed by atoms with Crippen molar-refractivity contribution in [1.82, 2.24) is 0 Å². The van der Waals surface area contributed by atoms with Crippen molar-refractivity contribution in [3.05, 3.63) is 0 Å². The van der Waals surface area contributed by atoms with Gasteiger partial charge < -0.3 is 4.74 Å². The molecule has 1 saturated carbocycles. The van der Waals surface area contributed by atoms with Gasteiger partial charge >= 0.3 is 0 Å². The lowest BCUT2D eigenvalue weighted by Gasteiger charge is -2.28. The lowest BCUT2D eigenvalue weighted by molar-refractivity contribution is 0.273. The first-order chi connectivity index (χ1) is 5.52. The third-order valence-electron chi connectivity index (χ3n) is 3.99. The number of hydrogen-bond acceptors (Lipinski definition) is 2. The maximum absolute atomic E-state index is 5.22. The lowest BCUT2D eigenvalue weighted by Crippen LogP contribution is -2.29. The van der Waals surface area contributed by atoms with Gasteiger partial charge in [0.15, 0.2) is 5.90 Å². The molecule has 3 atom stereocenters. The van der Waals surface area contributed by atoms with Gasteiger partial charge in [-0.25, -0.2) is 4.99 Å². The molecule has 1 aliphatic heterocycles. The minimum atomic E-state index is 0.190. The zero-order valence-corrected chi connectivity index (χ0v) is 8.35. The molecule has 0 aromatic rings. The standard InChI is InChI=1S/C10H17NO/c1-7-5-8(12-4)11-10(3)6-9(7,10)2/h7H,5-6H2,1-4H3. The molecule has 0 spiro atoms. The molecule has 0 N–H and O–H groups in total. The highest BCUT2D eigenvalue weighted by atomic mass is 16.5. The van der Waals surface area contributed by atoms with Gasteiger partial charge in [-0.2, -0.15) is 0 Å². The van der Waals surface area contributed by atoms with Gasteiger partial charge in [0, 0.05) is 6.42 Å². The van der Waals surface area contributed by atoms with Gasteiger partial charge in [-0.05, 0) is 24.7 Å². The van der Waals surface area contributed by atoms with E-state index in [-0.39, 0.29) is 5.54 Å². The highest BCUT2D eigenvalue weighted by Crippen LogP contribution is 2.65. The fourth-order valence-corrected chi connectivity index (χ4v) is 2.48. The largest absolute Gasteiger partial charge is 0.484 e. The van der Waals surface area contributed by atoms with Crippen molar-refractivity contribution in [2.75, 3.05) is 7.11 Å². The summed E-state index contributed by atoms with van der Waals surface area (Å²) in [7, 11) is 1.72. The van der Waals surface area contributed by atoms with Gasteiger partial charge in [-0.3, -0.25) is 0 Å². The van der Waals surface area contributed by atoms with Crippen molar-refractivity contribution in [1.29, 1.82) is 0 Å². The Morgan fingerprint density at radius 2 is 2.17 bits per heavy atom. The van der Waals surface area contributed by atoms with Crippen molar-refractivity contribution < 1.29 is 4.74 Å². The van der Waals surface area contributed by atoms with Crippen LogP contribution in [0.1, 0.15) is 33.6 Å². The number of nitrogens with zero attached hydrogens (tertiary/aromatic N) is 1. The minimum Gasteiger partial charge on any atom is -0.484 e. The van der Waals surface area contributed by atoms with Gasteiger partial charge in [-0.1, -0.05) is 13.8 Å². The SMILES string of the molecule is COC1=NC2(C)CC2(C)C(C)C1. The fraction of sp³-hybridized carbons (Fsp3) is 0.900. The molecule has 1 heterocycles. The normalized spacial score (nSPS) is 51.0. The van der Waals surface area contributed by atoms with E-state index < -0.39 is 0 Å². The maximum Gasteiger partial charge on any atom is 0.183 e. The van der Waals surface area contributed by atoms with Crippen molar-refractivity contribution in [2.24, 2.45) is 16.3 Å². The molecule has 0 bridgehead atoms. The maximum atomic E-state index is 5.22. The number of hydrogen-bond donors (Lipinski definition) is 0. The highest BCUT2D eigenvalue weighted by Gasteiger charge is 2.66. The Hall–Kier alpha value is -0.530. The average Bonchev–Trinajstić information content (AvgIpc) is 2.55. The molecule has 12 heavy (non-hydrogen) atoms. The van der Waals surface area contributed by atoms with Crippen molar-refractivity contribution >= 4 is 5.90 Å². The molecule has 0 aromatic carbocycles. The van der Waals surface area contributed by atoms with E-state index in [4.69, 9.17) is 4.74 Å². The Morgan fingerprint density at radius 3 is 2.67 bits per heavy atom. The predicted molar refractivity (Wildman–Crippen MR) is 49.4 cm³/mol. The molecule has 1 fully saturated rings. The summed E-state index contributed by atoms with van der Waals surface area (Å²) in [6, 6.07) is 0. The first-order valence-corrected chi connectivity index (χ1v) is 4.64. The third kappa shape index (κ3) is 0.782. The molecule has 3 unspecified atom stereocenters. The molecule has 0 aromatic heterocycles. The highest BCUT2D eigenvalue weighted by molar-refractivity contribution is 5.78. The monoisotopic (exact) mass is 167 g/mol. The Morgan fingerprint density at radius 1 is 1.50 bits per heavy atom. The third-order valence-corrected chi connectivity index (χ3v) is 3.99. The van der Waals surface area contributed by atoms with E-state index in [2.05, 4.69) is 25.8 Å². The second kappa shape index (κ2) is 2.04. The zero-order chi connectivity index (χ0) is 8.98. The Labute approximate surface area is 74.0 Å². The van der Waals surface area contributed by atoms with Crippen LogP contribution in [0, 0.1) is 11.3 Å². The second-order valence-corrected chi connectivity index (χ2v) is 4.68. The van der Waals surface area contributed by atoms with Crippen LogP contribution in [0.2, 0.25) is 0 Å². The molecule has 0 amide bonds. The summed E-state index contributed by atoms with van der Waals surface area (Å²) in [6.07, 6.45) is 2.25. The van der Waals surface area contributed by atoms with E-state index in [0.29, 0.717) is 5.41 Å². The van der Waals surface area contributed by atoms with Crippen LogP contribution in [-0.2, 0) is 4.74 Å². The van der Waals surface area contributed by atoms with E-state index in [1.54, 1.807) is 7.11 Å². The van der Waals surface area contributed by atoms with E-state index >= 15 is 0 Å². The molecule has 1 aliphatic carbocycles. The van der Waals surface area contributed by atoms with Crippen LogP contribution < -0.4 is 0 Å². The number of methoxy groups -OCH3 is 1. The van der Waals surface area contributed by atoms with Crippen molar-refractivity contribution in [3.8, 4) is 0 Å². The summed E-state index contributed by atoms with van der Waals surface area (Å²) >= 11 is 0. The number of aliphatic imine (C=N–C) groups is 1. The minimum absolute atomic E-state index is 0.190. The Kier molecular flexibility index (Phi) is 1.37. The first-order valence-electron chi connectivity index (χ1n) is 4.64. The van der Waals surface area contributed by atoms with Crippen LogP contribution in [-0.4, -0.2) is 18.5 Å². The van der Waals surface area contributed by atoms with Crippen LogP contribution in [0.15, 0.2) is 4.99 Å². The summed E-state index contributed by atoms with van der Waals surface area (Å²) in [4.78, 5) is 4.62. The van der Waals surface area contributed by atoms with Gasteiger partial charge in [0.05, 0.1) is 12.6 Å². The summed E-state index contributed by atoms with van der Waals surface area (Å²) in [5, 5.41) is 0. The van der Waals surface area contributed by atoms with Gasteiger partial charge in [-0.15, -0.1) is 0 Å². The molecule has 2 rings (SSSR count). The average molecular weight is 167 g/mol. The van der Waals surface area contributed by atoms with E-state index in [1.165, 1.54) is 6.42 Å². The van der Waals surface area contributed by atoms with Crippen LogP contribution in [0.4, 0.5) is 0 Å². The molecular weight excluding hydrogens is 150 g/mol. The molecular formula is C10H17NO. The van der Waals surface area contributed by atoms with Gasteiger partial charge in [0.25, 0.3) is 0 Å². The fourth-order valence-electron chi connectivity index (χ4n) is 2.48. The molecule has 2 heteroatoms. The second-order valence-electron chi connectivity index (χ2n) is 4.68. The summed E-state index contributed by atoms with van der Waals surface area (Å²) in [6.45, 7) is 6.88. The molecule has 68 valence electrons. The van der Waals surface area contributed by atoms with Crippen molar-refractivity contribution in [3.63, 3.8) is 0 Å². The van der Waals surface area contributed by atoms with Crippen LogP contribution >= 0.6 is 0 Å². The molecule has 0 radical (unpaired) electrons. The van der Waals surface area contributed by atoms with Crippen LogP contribution in [0.25, 0.3) is 0 Å². The lowest BCUT2D eigenvalue weighted by atomic mass is 9.84. The molecule has 2 nitrogen and oxygen atoms in total. The predicted octanol–water partition coefficient (Wildman–Crippen LogP) is 2.24.